The van der Waals surface area contributed by atoms with Gasteiger partial charge in [-0.1, -0.05) is 87.9 Å². The van der Waals surface area contributed by atoms with Crippen molar-refractivity contribution in [2.45, 2.75) is 51.9 Å². The number of hydrogen-bond acceptors (Lipinski definition) is 3. The highest BCUT2D eigenvalue weighted by atomic mass is 16.5. The van der Waals surface area contributed by atoms with E-state index in [1.807, 2.05) is 54.6 Å². The van der Waals surface area contributed by atoms with Crippen LogP contribution in [-0.4, -0.2) is 11.7 Å². The molecule has 0 radical (unpaired) electrons. The predicted octanol–water partition coefficient (Wildman–Crippen LogP) is 7.47. The van der Waals surface area contributed by atoms with Gasteiger partial charge in [0.1, 0.15) is 11.5 Å². The first-order valence-electron chi connectivity index (χ1n) is 10.4. The van der Waals surface area contributed by atoms with Gasteiger partial charge in [0.15, 0.2) is 11.5 Å². The molecule has 3 aromatic rings. The van der Waals surface area contributed by atoms with E-state index in [4.69, 9.17) is 9.47 Å². The number of hydrogen-bond donors (Lipinski definition) is 1. The second-order valence-corrected chi connectivity index (χ2v) is 7.15. The monoisotopic (exact) mass is 378 g/mol. The van der Waals surface area contributed by atoms with Crippen LogP contribution in [-0.2, 0) is 0 Å². The van der Waals surface area contributed by atoms with Crippen LogP contribution in [0.15, 0.2) is 60.7 Å². The van der Waals surface area contributed by atoms with Crippen molar-refractivity contribution in [2.75, 3.05) is 6.61 Å². The first kappa shape index (κ1) is 20.1. The zero-order valence-electron chi connectivity index (χ0n) is 16.7. The average Bonchev–Trinajstić information content (AvgIpc) is 2.74. The third-order valence-electron chi connectivity index (χ3n) is 4.92. The van der Waals surface area contributed by atoms with Crippen molar-refractivity contribution in [1.29, 1.82) is 0 Å². The minimum Gasteiger partial charge on any atom is -0.504 e. The number of ether oxygens (including phenoxy) is 2. The summed E-state index contributed by atoms with van der Waals surface area (Å²) in [4.78, 5) is 0. The van der Waals surface area contributed by atoms with E-state index in [1.54, 1.807) is 6.07 Å². The summed E-state index contributed by atoms with van der Waals surface area (Å²) in [5, 5.41) is 12.3. The van der Waals surface area contributed by atoms with Gasteiger partial charge in [0.05, 0.1) is 6.61 Å². The number of phenolic OH excluding ortho intramolecular Hbond substituents is 1. The molecule has 0 aliphatic carbocycles. The molecule has 0 fully saturated rings. The first-order chi connectivity index (χ1) is 13.8. The minimum absolute atomic E-state index is 0.141. The molecule has 0 saturated carbocycles. The van der Waals surface area contributed by atoms with E-state index in [0.29, 0.717) is 18.1 Å². The zero-order chi connectivity index (χ0) is 19.6. The smallest absolute Gasteiger partial charge is 0.173 e. The van der Waals surface area contributed by atoms with E-state index < -0.39 is 0 Å². The summed E-state index contributed by atoms with van der Waals surface area (Å²) >= 11 is 0. The van der Waals surface area contributed by atoms with E-state index >= 15 is 0 Å². The van der Waals surface area contributed by atoms with Crippen LogP contribution in [0, 0.1) is 0 Å². The van der Waals surface area contributed by atoms with Gasteiger partial charge in [-0.2, -0.15) is 0 Å². The zero-order valence-corrected chi connectivity index (χ0v) is 16.7. The Morgan fingerprint density at radius 1 is 0.714 bits per heavy atom. The maximum Gasteiger partial charge on any atom is 0.173 e. The lowest BCUT2D eigenvalue weighted by Crippen LogP contribution is -1.99. The van der Waals surface area contributed by atoms with Crippen LogP contribution >= 0.6 is 0 Å². The van der Waals surface area contributed by atoms with Crippen LogP contribution < -0.4 is 9.47 Å². The molecular formula is C25H30O3. The normalized spacial score (nSPS) is 10.9. The molecule has 0 aliphatic rings. The van der Waals surface area contributed by atoms with E-state index in [1.165, 1.54) is 38.5 Å². The highest BCUT2D eigenvalue weighted by Crippen LogP contribution is 2.42. The Labute approximate surface area is 167 Å². The molecule has 0 aliphatic heterocycles. The van der Waals surface area contributed by atoms with Crippen LogP contribution in [0.3, 0.4) is 0 Å². The van der Waals surface area contributed by atoms with Gasteiger partial charge in [-0.15, -0.1) is 0 Å². The molecule has 0 amide bonds. The lowest BCUT2D eigenvalue weighted by molar-refractivity contribution is 0.305. The lowest BCUT2D eigenvalue weighted by atomic mass is 10.1. The van der Waals surface area contributed by atoms with Crippen molar-refractivity contribution >= 4 is 10.8 Å². The Kier molecular flexibility index (Phi) is 7.60. The molecule has 3 heteroatoms. The molecule has 3 nitrogen and oxygen atoms in total. The number of para-hydroxylation sites is 1. The van der Waals surface area contributed by atoms with Crippen LogP contribution in [0.25, 0.3) is 10.8 Å². The number of aromatic hydroxyl groups is 1. The summed E-state index contributed by atoms with van der Waals surface area (Å²) in [6, 6.07) is 19.0. The second kappa shape index (κ2) is 10.6. The summed E-state index contributed by atoms with van der Waals surface area (Å²) in [6.07, 6.45) is 8.75. The standard InChI is InChI=1S/C25H30O3/c1-2-3-4-5-6-7-13-18-27-23-19-24(28-20-14-9-8-10-15-20)25(26)22-17-12-11-16-21(22)23/h8-12,14-17,19,26H,2-7,13,18H2,1H3. The highest BCUT2D eigenvalue weighted by molar-refractivity contribution is 5.95. The van der Waals surface area contributed by atoms with Gasteiger partial charge in [0.2, 0.25) is 0 Å². The summed E-state index contributed by atoms with van der Waals surface area (Å²) in [5.41, 5.74) is 0. The minimum atomic E-state index is 0.141. The molecule has 3 aromatic carbocycles. The van der Waals surface area contributed by atoms with Crippen LogP contribution in [0.2, 0.25) is 0 Å². The van der Waals surface area contributed by atoms with Crippen molar-refractivity contribution in [1.82, 2.24) is 0 Å². The van der Waals surface area contributed by atoms with Gasteiger partial charge in [-0.3, -0.25) is 0 Å². The van der Waals surface area contributed by atoms with Crippen LogP contribution in [0.5, 0.6) is 23.0 Å². The van der Waals surface area contributed by atoms with Crippen molar-refractivity contribution in [2.24, 2.45) is 0 Å². The maximum absolute atomic E-state index is 10.7. The van der Waals surface area contributed by atoms with E-state index in [0.717, 1.165) is 22.9 Å². The van der Waals surface area contributed by atoms with Crippen molar-refractivity contribution in [3.63, 3.8) is 0 Å². The predicted molar refractivity (Wildman–Crippen MR) is 116 cm³/mol. The molecule has 1 N–H and O–H groups in total. The number of phenols is 1. The summed E-state index contributed by atoms with van der Waals surface area (Å²) in [7, 11) is 0. The quantitative estimate of drug-likeness (QED) is 0.352. The highest BCUT2D eigenvalue weighted by Gasteiger charge is 2.14. The Morgan fingerprint density at radius 3 is 2.11 bits per heavy atom. The van der Waals surface area contributed by atoms with E-state index in [-0.39, 0.29) is 5.75 Å². The largest absolute Gasteiger partial charge is 0.504 e. The number of benzene rings is 3. The fourth-order valence-electron chi connectivity index (χ4n) is 3.36. The Hall–Kier alpha value is -2.68. The maximum atomic E-state index is 10.7. The van der Waals surface area contributed by atoms with E-state index in [9.17, 15) is 5.11 Å². The lowest BCUT2D eigenvalue weighted by Gasteiger charge is -2.15. The van der Waals surface area contributed by atoms with Gasteiger partial charge >= 0.3 is 0 Å². The first-order valence-corrected chi connectivity index (χ1v) is 10.4. The molecule has 0 bridgehead atoms. The Bertz CT molecular complexity index is 858. The third-order valence-corrected chi connectivity index (χ3v) is 4.92. The summed E-state index contributed by atoms with van der Waals surface area (Å²) < 4.78 is 12.0. The molecular weight excluding hydrogens is 348 g/mol. The molecule has 0 aromatic heterocycles. The van der Waals surface area contributed by atoms with Crippen molar-refractivity contribution in [3.05, 3.63) is 60.7 Å². The van der Waals surface area contributed by atoms with Gasteiger partial charge < -0.3 is 14.6 Å². The molecule has 0 heterocycles. The molecule has 3 rings (SSSR count). The van der Waals surface area contributed by atoms with Crippen LogP contribution in [0.1, 0.15) is 51.9 Å². The number of rotatable bonds is 11. The topological polar surface area (TPSA) is 38.7 Å². The fourth-order valence-corrected chi connectivity index (χ4v) is 3.36. The van der Waals surface area contributed by atoms with Crippen molar-refractivity contribution in [3.8, 4) is 23.0 Å². The average molecular weight is 379 g/mol. The number of unbranched alkanes of at least 4 members (excludes halogenated alkanes) is 6. The molecule has 0 saturated heterocycles. The van der Waals surface area contributed by atoms with Gasteiger partial charge in [-0.25, -0.2) is 0 Å². The van der Waals surface area contributed by atoms with Gasteiger partial charge in [0, 0.05) is 16.8 Å². The van der Waals surface area contributed by atoms with Gasteiger partial charge in [-0.05, 0) is 18.6 Å². The summed E-state index contributed by atoms with van der Waals surface area (Å²) in [6.45, 7) is 2.92. The van der Waals surface area contributed by atoms with Crippen molar-refractivity contribution < 1.29 is 14.6 Å². The van der Waals surface area contributed by atoms with E-state index in [2.05, 4.69) is 6.92 Å². The SMILES string of the molecule is CCCCCCCCCOc1cc(Oc2ccccc2)c(O)c2ccccc12. The van der Waals surface area contributed by atoms with Gasteiger partial charge in [0.25, 0.3) is 0 Å². The second-order valence-electron chi connectivity index (χ2n) is 7.15. The Balaban J connectivity index is 1.68. The molecule has 0 unspecified atom stereocenters. The molecule has 0 atom stereocenters. The molecule has 0 spiro atoms. The third kappa shape index (κ3) is 5.41. The number of fused-ring (bicyclic) bond motifs is 1. The molecule has 148 valence electrons. The Morgan fingerprint density at radius 2 is 1.36 bits per heavy atom. The van der Waals surface area contributed by atoms with Crippen LogP contribution in [0.4, 0.5) is 0 Å². The molecule has 28 heavy (non-hydrogen) atoms. The fraction of sp³-hybridized carbons (Fsp3) is 0.360. The summed E-state index contributed by atoms with van der Waals surface area (Å²) in [5.74, 6) is 2.00.